The van der Waals surface area contributed by atoms with Gasteiger partial charge in [0.05, 0.1) is 11.9 Å². The number of rotatable bonds is 4. The van der Waals surface area contributed by atoms with Crippen molar-refractivity contribution in [3.63, 3.8) is 0 Å². The van der Waals surface area contributed by atoms with E-state index in [9.17, 15) is 13.2 Å². The molecule has 1 saturated heterocycles. The monoisotopic (exact) mass is 311 g/mol. The SMILES string of the molecule is CN1C[C@H](F)C[C@H]1CN(c1cnn(C)c1)S(=O)[O-].Cl. The summed E-state index contributed by atoms with van der Waals surface area (Å²) in [5.41, 5.74) is 0.501. The van der Waals surface area contributed by atoms with Crippen LogP contribution in [-0.4, -0.2) is 55.8 Å². The Balaban J connectivity index is 0.00000180. The van der Waals surface area contributed by atoms with Crippen molar-refractivity contribution in [2.75, 3.05) is 24.4 Å². The van der Waals surface area contributed by atoms with Crippen LogP contribution in [0.1, 0.15) is 6.42 Å². The van der Waals surface area contributed by atoms with Gasteiger partial charge in [-0.05, 0) is 13.5 Å². The summed E-state index contributed by atoms with van der Waals surface area (Å²) in [5, 5.41) is 3.94. The summed E-state index contributed by atoms with van der Waals surface area (Å²) in [7, 11) is 3.52. The zero-order chi connectivity index (χ0) is 13.3. The summed E-state index contributed by atoms with van der Waals surface area (Å²) in [6.45, 7) is 0.607. The molecule has 1 fully saturated rings. The fourth-order valence-electron chi connectivity index (χ4n) is 2.21. The summed E-state index contributed by atoms with van der Waals surface area (Å²) in [4.78, 5) is 1.85. The number of aromatic nitrogens is 2. The molecule has 1 aromatic rings. The molecule has 1 aliphatic rings. The van der Waals surface area contributed by atoms with Crippen LogP contribution in [0.4, 0.5) is 10.1 Å². The highest BCUT2D eigenvalue weighted by Crippen LogP contribution is 2.22. The summed E-state index contributed by atoms with van der Waals surface area (Å²) < 4.78 is 38.5. The van der Waals surface area contributed by atoms with Crippen LogP contribution in [0, 0.1) is 0 Å². The average molecular weight is 312 g/mol. The van der Waals surface area contributed by atoms with Gasteiger partial charge in [-0.3, -0.25) is 18.1 Å². The maximum absolute atomic E-state index is 13.3. The Morgan fingerprint density at radius 2 is 2.32 bits per heavy atom. The zero-order valence-electron chi connectivity index (χ0n) is 10.7. The number of anilines is 1. The third kappa shape index (κ3) is 3.88. The lowest BCUT2D eigenvalue weighted by Crippen LogP contribution is -2.39. The summed E-state index contributed by atoms with van der Waals surface area (Å²) in [5.74, 6) is 0. The van der Waals surface area contributed by atoms with Crippen LogP contribution < -0.4 is 4.31 Å². The van der Waals surface area contributed by atoms with Crippen molar-refractivity contribution >= 4 is 29.4 Å². The van der Waals surface area contributed by atoms with Gasteiger partial charge >= 0.3 is 0 Å². The van der Waals surface area contributed by atoms with Gasteiger partial charge in [0.25, 0.3) is 0 Å². The molecule has 0 bridgehead atoms. The van der Waals surface area contributed by atoms with Crippen LogP contribution in [0.15, 0.2) is 12.4 Å². The molecule has 2 heterocycles. The first kappa shape index (κ1) is 16.4. The standard InChI is InChI=1S/C10H17FN4O2S.ClH/c1-13-5-8(11)3-9(13)7-15(18(16)17)10-4-12-14(2)6-10;/h4,6,8-9H,3,5,7H2,1-2H3,(H,16,17);1H/p-1/t8-,9+;/m1./s1. The van der Waals surface area contributed by atoms with Crippen molar-refractivity contribution in [1.82, 2.24) is 14.7 Å². The molecule has 0 radical (unpaired) electrons. The molecular weight excluding hydrogens is 295 g/mol. The molecule has 0 N–H and O–H groups in total. The average Bonchev–Trinajstić information content (AvgIpc) is 2.81. The van der Waals surface area contributed by atoms with Crippen LogP contribution in [0.2, 0.25) is 0 Å². The van der Waals surface area contributed by atoms with Gasteiger partial charge in [0, 0.05) is 43.6 Å². The number of halogens is 2. The Kier molecular flexibility index (Phi) is 5.72. The molecule has 19 heavy (non-hydrogen) atoms. The summed E-state index contributed by atoms with van der Waals surface area (Å²) >= 11 is -2.38. The van der Waals surface area contributed by atoms with Crippen LogP contribution in [0.5, 0.6) is 0 Å². The predicted molar refractivity (Wildman–Crippen MR) is 72.7 cm³/mol. The van der Waals surface area contributed by atoms with E-state index < -0.39 is 17.4 Å². The predicted octanol–water partition coefficient (Wildman–Crippen LogP) is 0.485. The largest absolute Gasteiger partial charge is 0.755 e. The molecule has 110 valence electrons. The molecule has 3 atom stereocenters. The van der Waals surface area contributed by atoms with Crippen molar-refractivity contribution < 1.29 is 13.2 Å². The second-order valence-corrected chi connectivity index (χ2v) is 5.45. The zero-order valence-corrected chi connectivity index (χ0v) is 12.4. The van der Waals surface area contributed by atoms with E-state index in [1.807, 2.05) is 4.90 Å². The second kappa shape index (κ2) is 6.65. The summed E-state index contributed by atoms with van der Waals surface area (Å²) in [6.07, 6.45) is 2.59. The minimum absolute atomic E-state index is 0. The number of likely N-dealkylation sites (tertiary alicyclic amines) is 1. The molecule has 2 rings (SSSR count). The van der Waals surface area contributed by atoms with Crippen LogP contribution >= 0.6 is 12.4 Å². The molecule has 1 unspecified atom stereocenters. The minimum atomic E-state index is -2.38. The molecule has 0 aromatic carbocycles. The van der Waals surface area contributed by atoms with Crippen molar-refractivity contribution in [3.05, 3.63) is 12.4 Å². The fourth-order valence-corrected chi connectivity index (χ4v) is 2.77. The van der Waals surface area contributed by atoms with E-state index in [4.69, 9.17) is 0 Å². The number of aryl methyl sites for hydroxylation is 1. The number of nitrogens with zero attached hydrogens (tertiary/aromatic N) is 4. The molecule has 0 spiro atoms. The van der Waals surface area contributed by atoms with Gasteiger partial charge in [-0.1, -0.05) is 0 Å². The van der Waals surface area contributed by atoms with Crippen LogP contribution in [-0.2, 0) is 18.3 Å². The van der Waals surface area contributed by atoms with Gasteiger partial charge in [0.15, 0.2) is 0 Å². The smallest absolute Gasteiger partial charge is 0.114 e. The van der Waals surface area contributed by atoms with E-state index in [0.29, 0.717) is 18.7 Å². The van der Waals surface area contributed by atoms with Crippen molar-refractivity contribution in [1.29, 1.82) is 0 Å². The first-order valence-electron chi connectivity index (χ1n) is 5.67. The lowest BCUT2D eigenvalue weighted by atomic mass is 10.2. The fraction of sp³-hybridized carbons (Fsp3) is 0.700. The van der Waals surface area contributed by atoms with Gasteiger partial charge in [-0.15, -0.1) is 12.4 Å². The topological polar surface area (TPSA) is 64.4 Å². The third-order valence-electron chi connectivity index (χ3n) is 3.17. The Morgan fingerprint density at radius 1 is 1.63 bits per heavy atom. The molecule has 0 amide bonds. The van der Waals surface area contributed by atoms with E-state index >= 15 is 0 Å². The van der Waals surface area contributed by atoms with Gasteiger partial charge < -0.3 is 4.55 Å². The van der Waals surface area contributed by atoms with E-state index in [0.717, 1.165) is 0 Å². The Morgan fingerprint density at radius 3 is 2.74 bits per heavy atom. The highest BCUT2D eigenvalue weighted by atomic mass is 35.5. The number of likely N-dealkylation sites (N-methyl/N-ethyl adjacent to an activating group) is 1. The number of alkyl halides is 1. The molecule has 6 nitrogen and oxygen atoms in total. The second-order valence-electron chi connectivity index (χ2n) is 4.58. The third-order valence-corrected chi connectivity index (χ3v) is 3.89. The number of hydrogen-bond donors (Lipinski definition) is 0. The molecule has 1 aliphatic heterocycles. The maximum atomic E-state index is 13.3. The van der Waals surface area contributed by atoms with E-state index in [-0.39, 0.29) is 25.0 Å². The quantitative estimate of drug-likeness (QED) is 0.759. The molecule has 1 aromatic heterocycles. The lowest BCUT2D eigenvalue weighted by Gasteiger charge is -2.30. The summed E-state index contributed by atoms with van der Waals surface area (Å²) in [6, 6.07) is -0.0990. The Labute approximate surface area is 120 Å². The molecule has 0 saturated carbocycles. The molecular formula is C10H17ClFN4O2S-. The van der Waals surface area contributed by atoms with Gasteiger partial charge in [0.1, 0.15) is 6.17 Å². The van der Waals surface area contributed by atoms with Gasteiger partial charge in [0.2, 0.25) is 0 Å². The van der Waals surface area contributed by atoms with E-state index in [1.54, 1.807) is 20.3 Å². The van der Waals surface area contributed by atoms with Gasteiger partial charge in [-0.25, -0.2) is 4.39 Å². The normalized spacial score (nSPS) is 25.1. The Hall–Kier alpha value is -0.700. The first-order chi connectivity index (χ1) is 8.47. The highest BCUT2D eigenvalue weighted by molar-refractivity contribution is 7.80. The van der Waals surface area contributed by atoms with Crippen molar-refractivity contribution in [2.45, 2.75) is 18.6 Å². The Bertz CT molecular complexity index is 447. The minimum Gasteiger partial charge on any atom is -0.755 e. The maximum Gasteiger partial charge on any atom is 0.114 e. The van der Waals surface area contributed by atoms with Crippen molar-refractivity contribution in [2.24, 2.45) is 7.05 Å². The highest BCUT2D eigenvalue weighted by Gasteiger charge is 2.31. The first-order valence-corrected chi connectivity index (χ1v) is 6.70. The number of hydrogen-bond acceptors (Lipinski definition) is 4. The molecule has 9 heteroatoms. The van der Waals surface area contributed by atoms with Crippen molar-refractivity contribution in [3.8, 4) is 0 Å². The van der Waals surface area contributed by atoms with Crippen LogP contribution in [0.25, 0.3) is 0 Å². The van der Waals surface area contributed by atoms with Gasteiger partial charge in [-0.2, -0.15) is 5.10 Å². The lowest BCUT2D eigenvalue weighted by molar-refractivity contribution is 0.297. The molecule has 0 aliphatic carbocycles. The van der Waals surface area contributed by atoms with Crippen LogP contribution in [0.3, 0.4) is 0 Å². The van der Waals surface area contributed by atoms with E-state index in [1.165, 1.54) is 15.2 Å². The van der Waals surface area contributed by atoms with E-state index in [2.05, 4.69) is 5.10 Å².